The minimum Gasteiger partial charge on any atom is -0.496 e. The number of likely N-dealkylation sites (N-methyl/N-ethyl adjacent to an activating group) is 1. The molecule has 0 spiro atoms. The summed E-state index contributed by atoms with van der Waals surface area (Å²) < 4.78 is 6.06. The number of hydrogen-bond donors (Lipinski definition) is 5. The summed E-state index contributed by atoms with van der Waals surface area (Å²) in [5.41, 5.74) is 10.7. The Labute approximate surface area is 315 Å². The maximum atomic E-state index is 14.2. The number of aliphatic hydroxyl groups is 2. The molecule has 7 rings (SSSR count). The number of aliphatic hydroxyl groups excluding tert-OH is 2. The normalized spacial score (nSPS) is 28.2. The number of rotatable bonds is 15. The molecule has 2 heterocycles. The van der Waals surface area contributed by atoms with E-state index in [1.165, 1.54) is 6.42 Å². The molecule has 2 aromatic carbocycles. The number of carbonyl (C=O) groups excluding carboxylic acids is 1. The molecule has 2 bridgehead atoms. The Morgan fingerprint density at radius 3 is 2.55 bits per heavy atom. The van der Waals surface area contributed by atoms with Gasteiger partial charge in [-0.1, -0.05) is 63.2 Å². The molecule has 1 saturated heterocycles. The number of hydrogen-bond acceptors (Lipinski definition) is 10. The first-order valence-electron chi connectivity index (χ1n) is 19.2. The van der Waals surface area contributed by atoms with Crippen LogP contribution in [-0.2, 0) is 22.6 Å². The predicted molar refractivity (Wildman–Crippen MR) is 206 cm³/mol. The van der Waals surface area contributed by atoms with Gasteiger partial charge in [0.15, 0.2) is 0 Å². The van der Waals surface area contributed by atoms with Gasteiger partial charge in [0.2, 0.25) is 5.91 Å². The molecule has 53 heavy (non-hydrogen) atoms. The number of methoxy groups -OCH3 is 1. The van der Waals surface area contributed by atoms with E-state index in [9.17, 15) is 15.0 Å². The molecule has 1 aliphatic heterocycles. The lowest BCUT2D eigenvalue weighted by Gasteiger charge is -2.62. The predicted octanol–water partition coefficient (Wildman–Crippen LogP) is 4.14. The molecule has 6 N–H and O–H groups in total. The van der Waals surface area contributed by atoms with E-state index >= 15 is 0 Å². The number of pyridine rings is 1. The number of amides is 1. The van der Waals surface area contributed by atoms with Crippen LogP contribution in [0.25, 0.3) is 11.1 Å². The number of aromatic nitrogens is 1. The first-order valence-corrected chi connectivity index (χ1v) is 19.2. The summed E-state index contributed by atoms with van der Waals surface area (Å²) in [6, 6.07) is 18.9. The molecular formula is C42H60N6O5. The fraction of sp³-hybridized carbons (Fsp3) is 0.571. The van der Waals surface area contributed by atoms with Crippen LogP contribution < -0.4 is 21.1 Å². The van der Waals surface area contributed by atoms with Gasteiger partial charge in [0.1, 0.15) is 18.0 Å². The maximum absolute atomic E-state index is 14.2. The molecule has 11 nitrogen and oxygen atoms in total. The highest BCUT2D eigenvalue weighted by molar-refractivity contribution is 5.83. The minimum atomic E-state index is -0.912. The summed E-state index contributed by atoms with van der Waals surface area (Å²) in [6.45, 7) is 9.82. The molecular weight excluding hydrogens is 668 g/mol. The molecule has 11 heteroatoms. The molecule has 1 amide bonds. The molecule has 1 aromatic heterocycles. The third kappa shape index (κ3) is 8.32. The molecule has 1 unspecified atom stereocenters. The molecule has 288 valence electrons. The summed E-state index contributed by atoms with van der Waals surface area (Å²) >= 11 is 0. The van der Waals surface area contributed by atoms with Crippen LogP contribution in [0.1, 0.15) is 63.6 Å². The van der Waals surface area contributed by atoms with Gasteiger partial charge in [-0.25, -0.2) is 0 Å². The average Bonchev–Trinajstić information content (AvgIpc) is 3.51. The third-order valence-electron chi connectivity index (χ3n) is 12.4. The van der Waals surface area contributed by atoms with E-state index in [0.717, 1.165) is 40.9 Å². The van der Waals surface area contributed by atoms with Crippen LogP contribution in [0.15, 0.2) is 66.9 Å². The number of nitrogens with two attached hydrogens (primary N) is 1. The highest BCUT2D eigenvalue weighted by atomic mass is 16.7. The molecule has 3 saturated carbocycles. The van der Waals surface area contributed by atoms with Crippen molar-refractivity contribution < 1.29 is 24.6 Å². The van der Waals surface area contributed by atoms with Crippen LogP contribution in [0.5, 0.6) is 5.75 Å². The van der Waals surface area contributed by atoms with E-state index in [4.69, 9.17) is 15.3 Å². The number of benzene rings is 2. The van der Waals surface area contributed by atoms with Crippen molar-refractivity contribution in [2.45, 2.75) is 90.1 Å². The van der Waals surface area contributed by atoms with Gasteiger partial charge in [-0.2, -0.15) is 5.06 Å². The van der Waals surface area contributed by atoms with Gasteiger partial charge in [0.05, 0.1) is 25.9 Å². The number of hydroxylamine groups is 2. The largest absolute Gasteiger partial charge is 0.496 e. The molecule has 4 aliphatic rings. The van der Waals surface area contributed by atoms with Crippen molar-refractivity contribution >= 4 is 5.91 Å². The number of carbonyl (C=O) groups is 1. The number of nitrogens with zero attached hydrogens (tertiary/aromatic N) is 3. The third-order valence-corrected chi connectivity index (χ3v) is 12.4. The van der Waals surface area contributed by atoms with E-state index in [-0.39, 0.29) is 31.1 Å². The van der Waals surface area contributed by atoms with E-state index in [2.05, 4.69) is 41.3 Å². The quantitative estimate of drug-likeness (QED) is 0.145. The first-order chi connectivity index (χ1) is 25.3. The average molecular weight is 729 g/mol. The fourth-order valence-electron chi connectivity index (χ4n) is 9.46. The Morgan fingerprint density at radius 2 is 1.91 bits per heavy atom. The second-order valence-corrected chi connectivity index (χ2v) is 16.5. The monoisotopic (exact) mass is 728 g/mol. The van der Waals surface area contributed by atoms with Crippen molar-refractivity contribution in [1.29, 1.82) is 0 Å². The summed E-state index contributed by atoms with van der Waals surface area (Å²) in [5, 5.41) is 30.9. The van der Waals surface area contributed by atoms with Gasteiger partial charge < -0.3 is 30.9 Å². The van der Waals surface area contributed by atoms with Gasteiger partial charge in [-0.15, -0.1) is 0 Å². The van der Waals surface area contributed by atoms with Crippen LogP contribution >= 0.6 is 0 Å². The maximum Gasteiger partial charge on any atom is 0.240 e. The van der Waals surface area contributed by atoms with Crippen molar-refractivity contribution in [3.63, 3.8) is 0 Å². The Bertz CT molecular complexity index is 1690. The van der Waals surface area contributed by atoms with Crippen molar-refractivity contribution in [1.82, 2.24) is 25.6 Å². The number of fused-ring (bicyclic) bond motifs is 2. The van der Waals surface area contributed by atoms with Gasteiger partial charge >= 0.3 is 0 Å². The minimum absolute atomic E-state index is 0.0382. The zero-order valence-corrected chi connectivity index (χ0v) is 32.4. The van der Waals surface area contributed by atoms with Crippen molar-refractivity contribution in [2.75, 3.05) is 34.3 Å². The van der Waals surface area contributed by atoms with Crippen LogP contribution in [0.3, 0.4) is 0 Å². The van der Waals surface area contributed by atoms with E-state index < -0.39 is 30.4 Å². The second kappa shape index (κ2) is 16.5. The van der Waals surface area contributed by atoms with Gasteiger partial charge in [-0.3, -0.25) is 19.9 Å². The zero-order valence-electron chi connectivity index (χ0n) is 32.4. The van der Waals surface area contributed by atoms with Crippen LogP contribution in [0, 0.1) is 29.1 Å². The molecule has 3 aromatic rings. The highest BCUT2D eigenvalue weighted by Crippen LogP contribution is 2.61. The topological polar surface area (TPSA) is 145 Å². The molecule has 4 fully saturated rings. The summed E-state index contributed by atoms with van der Waals surface area (Å²) in [5.74, 6) is 1.55. The molecule has 10 atom stereocenters. The van der Waals surface area contributed by atoms with E-state index in [1.807, 2.05) is 74.8 Å². The summed E-state index contributed by atoms with van der Waals surface area (Å²) in [4.78, 5) is 27.2. The number of para-hydroxylation sites is 1. The van der Waals surface area contributed by atoms with Crippen molar-refractivity contribution in [3.05, 3.63) is 83.7 Å². The van der Waals surface area contributed by atoms with Crippen LogP contribution in [0.4, 0.5) is 0 Å². The van der Waals surface area contributed by atoms with E-state index in [0.29, 0.717) is 35.3 Å². The van der Waals surface area contributed by atoms with Crippen molar-refractivity contribution in [2.24, 2.45) is 34.8 Å². The lowest BCUT2D eigenvalue weighted by molar-refractivity contribution is -0.175. The molecule has 0 radical (unpaired) electrons. The zero-order chi connectivity index (χ0) is 38.0. The lowest BCUT2D eigenvalue weighted by atomic mass is 9.45. The van der Waals surface area contributed by atoms with Crippen LogP contribution in [-0.4, -0.2) is 95.7 Å². The second-order valence-electron chi connectivity index (χ2n) is 16.5. The highest BCUT2D eigenvalue weighted by Gasteiger charge is 2.57. The molecule has 3 aliphatic carbocycles. The standard InChI is InChI=1S/C42H60N6O5/c1-25-34-19-30(42(34,3)4)20-35(25)46-41(51)38-37(26(2)49)36(22-43)53-48(38)23-29-14-11-16-33(39(29)52-7)27-12-10-13-28(18-27)40(50)45-32(24-47(5)6)21-31-15-8-9-17-44-31/h8-18,25-26,30,32,34-38,40,45,49-50H,19-24,43H2,1-7H3,(H,46,51)/t25-,26-,30-,32-,34-,35-,36-,37+,38-,40?/m0/s1. The Morgan fingerprint density at radius 1 is 1.13 bits per heavy atom. The Kier molecular flexibility index (Phi) is 12.2. The number of ether oxygens (including phenoxy) is 1. The number of nitrogens with one attached hydrogen (secondary N) is 2. The van der Waals surface area contributed by atoms with Gasteiger partial charge in [-0.05, 0) is 86.4 Å². The Balaban J connectivity index is 1.22. The SMILES string of the molecule is COc1c(CN2O[C@@H](CN)[C@@H]([C@H](C)O)[C@H]2C(=O)N[C@H]2C[C@@H]3C[C@@H]([C@@H]2C)C3(C)C)cccc1-c1cccc(C(O)N[C@@H](Cc2ccccn2)CN(C)C)c1. The summed E-state index contributed by atoms with van der Waals surface area (Å²) in [7, 11) is 5.67. The van der Waals surface area contributed by atoms with Crippen molar-refractivity contribution in [3.8, 4) is 16.9 Å². The fourth-order valence-corrected chi connectivity index (χ4v) is 9.46. The first kappa shape index (κ1) is 39.3. The smallest absolute Gasteiger partial charge is 0.240 e. The lowest BCUT2D eigenvalue weighted by Crippen LogP contribution is -2.62. The van der Waals surface area contributed by atoms with E-state index in [1.54, 1.807) is 25.3 Å². The summed E-state index contributed by atoms with van der Waals surface area (Å²) in [6.07, 6.45) is 2.41. The Hall–Kier alpha value is -3.42. The van der Waals surface area contributed by atoms with Gasteiger partial charge in [0, 0.05) is 60.5 Å². The van der Waals surface area contributed by atoms with Gasteiger partial charge in [0.25, 0.3) is 0 Å². The van der Waals surface area contributed by atoms with Crippen LogP contribution in [0.2, 0.25) is 0 Å².